The third-order valence-corrected chi connectivity index (χ3v) is 5.58. The van der Waals surface area contributed by atoms with E-state index in [4.69, 9.17) is 9.47 Å². The molecule has 1 N–H and O–H groups in total. The highest BCUT2D eigenvalue weighted by atomic mass is 19.1. The lowest BCUT2D eigenvalue weighted by atomic mass is 10.1. The van der Waals surface area contributed by atoms with Crippen molar-refractivity contribution in [2.75, 3.05) is 50.6 Å². The van der Waals surface area contributed by atoms with Crippen LogP contribution in [0.3, 0.4) is 0 Å². The minimum absolute atomic E-state index is 0.181. The normalized spacial score (nSPS) is 13.4. The second-order valence-electron chi connectivity index (χ2n) is 7.75. The molecule has 2 aromatic carbocycles. The van der Waals surface area contributed by atoms with Crippen LogP contribution in [0.2, 0.25) is 0 Å². The zero-order chi connectivity index (χ0) is 24.1. The summed E-state index contributed by atoms with van der Waals surface area (Å²) in [6.45, 7) is 2.22. The molecule has 34 heavy (non-hydrogen) atoms. The maximum atomic E-state index is 13.4. The number of benzene rings is 2. The van der Waals surface area contributed by atoms with Crippen LogP contribution in [0.15, 0.2) is 60.8 Å². The van der Waals surface area contributed by atoms with Crippen LogP contribution in [0, 0.1) is 5.82 Å². The second kappa shape index (κ2) is 10.2. The van der Waals surface area contributed by atoms with Crippen LogP contribution in [0.25, 0.3) is 0 Å². The Labute approximate surface area is 196 Å². The first kappa shape index (κ1) is 23.0. The van der Waals surface area contributed by atoms with Gasteiger partial charge in [-0.3, -0.25) is 9.59 Å². The zero-order valence-electron chi connectivity index (χ0n) is 19.0. The van der Waals surface area contributed by atoms with Crippen molar-refractivity contribution in [3.8, 4) is 11.5 Å². The van der Waals surface area contributed by atoms with E-state index in [1.165, 1.54) is 32.4 Å². The lowest BCUT2D eigenvalue weighted by molar-refractivity contribution is 0.0746. The predicted octanol–water partition coefficient (Wildman–Crippen LogP) is 3.45. The highest BCUT2D eigenvalue weighted by Gasteiger charge is 2.23. The fraction of sp³-hybridized carbons (Fsp3) is 0.240. The maximum Gasteiger partial charge on any atom is 0.255 e. The second-order valence-corrected chi connectivity index (χ2v) is 7.75. The van der Waals surface area contributed by atoms with Gasteiger partial charge in [0.1, 0.15) is 23.1 Å². The fourth-order valence-electron chi connectivity index (χ4n) is 3.73. The van der Waals surface area contributed by atoms with Gasteiger partial charge >= 0.3 is 0 Å². The SMILES string of the molecule is COc1cc(OC)cc(C(=O)Nc2ccc(N3CCN(C(=O)c4cccc(F)c4)CC3)nc2)c1. The van der Waals surface area contributed by atoms with Gasteiger partial charge in [0.2, 0.25) is 0 Å². The summed E-state index contributed by atoms with van der Waals surface area (Å²) in [5.74, 6) is 0.877. The minimum Gasteiger partial charge on any atom is -0.497 e. The Morgan fingerprint density at radius 2 is 1.62 bits per heavy atom. The fourth-order valence-corrected chi connectivity index (χ4v) is 3.73. The molecule has 1 aliphatic heterocycles. The Morgan fingerprint density at radius 1 is 0.912 bits per heavy atom. The number of nitrogens with zero attached hydrogens (tertiary/aromatic N) is 3. The number of halogens is 1. The van der Waals surface area contributed by atoms with E-state index in [1.807, 2.05) is 6.07 Å². The van der Waals surface area contributed by atoms with Gasteiger partial charge in [0.05, 0.1) is 26.1 Å². The van der Waals surface area contributed by atoms with Crippen molar-refractivity contribution in [2.45, 2.75) is 0 Å². The van der Waals surface area contributed by atoms with Gasteiger partial charge in [-0.05, 0) is 42.5 Å². The van der Waals surface area contributed by atoms with E-state index in [2.05, 4.69) is 15.2 Å². The number of nitrogens with one attached hydrogen (secondary N) is 1. The van der Waals surface area contributed by atoms with Crippen LogP contribution < -0.4 is 19.7 Å². The molecule has 2 heterocycles. The topological polar surface area (TPSA) is 84.0 Å². The monoisotopic (exact) mass is 464 g/mol. The van der Waals surface area contributed by atoms with Crippen LogP contribution in [0.1, 0.15) is 20.7 Å². The molecule has 3 aromatic rings. The molecular formula is C25H25FN4O4. The largest absolute Gasteiger partial charge is 0.497 e. The van der Waals surface area contributed by atoms with Crippen LogP contribution in [0.5, 0.6) is 11.5 Å². The first-order valence-corrected chi connectivity index (χ1v) is 10.8. The summed E-state index contributed by atoms with van der Waals surface area (Å²) >= 11 is 0. The highest BCUT2D eigenvalue weighted by molar-refractivity contribution is 6.04. The number of hydrogen-bond donors (Lipinski definition) is 1. The smallest absolute Gasteiger partial charge is 0.255 e. The number of hydrogen-bond acceptors (Lipinski definition) is 6. The molecule has 9 heteroatoms. The number of rotatable bonds is 6. The van der Waals surface area contributed by atoms with E-state index in [0.29, 0.717) is 54.5 Å². The summed E-state index contributed by atoms with van der Waals surface area (Å²) in [5, 5.41) is 2.82. The molecule has 1 fully saturated rings. The van der Waals surface area contributed by atoms with E-state index in [9.17, 15) is 14.0 Å². The molecule has 0 radical (unpaired) electrons. The third kappa shape index (κ3) is 5.25. The summed E-state index contributed by atoms with van der Waals surface area (Å²) in [6.07, 6.45) is 1.59. The molecule has 0 bridgehead atoms. The Bertz CT molecular complexity index is 1160. The highest BCUT2D eigenvalue weighted by Crippen LogP contribution is 2.24. The Morgan fingerprint density at radius 3 is 2.21 bits per heavy atom. The number of piperazine rings is 1. The van der Waals surface area contributed by atoms with E-state index in [0.717, 1.165) is 5.82 Å². The molecule has 2 amide bonds. The van der Waals surface area contributed by atoms with Crippen LogP contribution in [-0.4, -0.2) is 62.1 Å². The molecule has 8 nitrogen and oxygen atoms in total. The number of carbonyl (C=O) groups is 2. The van der Waals surface area contributed by atoms with Crippen molar-refractivity contribution in [2.24, 2.45) is 0 Å². The lowest BCUT2D eigenvalue weighted by Crippen LogP contribution is -2.49. The van der Waals surface area contributed by atoms with Gasteiger partial charge in [0.25, 0.3) is 11.8 Å². The quantitative estimate of drug-likeness (QED) is 0.602. The number of anilines is 2. The molecule has 1 saturated heterocycles. The van der Waals surface area contributed by atoms with Gasteiger partial charge in [-0.15, -0.1) is 0 Å². The molecule has 0 saturated carbocycles. The van der Waals surface area contributed by atoms with Crippen LogP contribution in [0.4, 0.5) is 15.9 Å². The molecule has 0 spiro atoms. The molecule has 0 aliphatic carbocycles. The van der Waals surface area contributed by atoms with E-state index < -0.39 is 5.82 Å². The summed E-state index contributed by atoms with van der Waals surface area (Å²) in [7, 11) is 3.05. The van der Waals surface area contributed by atoms with Crippen molar-refractivity contribution in [1.29, 1.82) is 0 Å². The Kier molecular flexibility index (Phi) is 6.91. The summed E-state index contributed by atoms with van der Waals surface area (Å²) in [4.78, 5) is 33.5. The number of ether oxygens (including phenoxy) is 2. The average molecular weight is 464 g/mol. The van der Waals surface area contributed by atoms with Crippen molar-refractivity contribution >= 4 is 23.3 Å². The number of carbonyl (C=O) groups excluding carboxylic acids is 2. The van der Waals surface area contributed by atoms with Gasteiger partial charge in [0, 0.05) is 43.4 Å². The maximum absolute atomic E-state index is 13.4. The van der Waals surface area contributed by atoms with Crippen molar-refractivity contribution in [3.05, 3.63) is 77.7 Å². The standard InChI is InChI=1S/C25H25FN4O4/c1-33-21-13-18(14-22(15-21)34-2)24(31)28-20-6-7-23(27-16-20)29-8-10-30(11-9-29)25(32)17-4-3-5-19(26)12-17/h3-7,12-16H,8-11H2,1-2H3,(H,28,31). The van der Waals surface area contributed by atoms with Gasteiger partial charge in [-0.25, -0.2) is 9.37 Å². The Balaban J connectivity index is 1.35. The van der Waals surface area contributed by atoms with Crippen molar-refractivity contribution in [3.63, 3.8) is 0 Å². The lowest BCUT2D eigenvalue weighted by Gasteiger charge is -2.35. The van der Waals surface area contributed by atoms with Gasteiger partial charge in [0.15, 0.2) is 0 Å². The first-order valence-electron chi connectivity index (χ1n) is 10.8. The van der Waals surface area contributed by atoms with E-state index in [1.54, 1.807) is 41.4 Å². The summed E-state index contributed by atoms with van der Waals surface area (Å²) in [6, 6.07) is 14.3. The molecular weight excluding hydrogens is 439 g/mol. The molecule has 176 valence electrons. The number of amides is 2. The molecule has 1 aromatic heterocycles. The van der Waals surface area contributed by atoms with Crippen LogP contribution >= 0.6 is 0 Å². The van der Waals surface area contributed by atoms with Crippen molar-refractivity contribution in [1.82, 2.24) is 9.88 Å². The molecule has 0 unspecified atom stereocenters. The number of pyridine rings is 1. The molecule has 1 aliphatic rings. The summed E-state index contributed by atoms with van der Waals surface area (Å²) < 4.78 is 23.9. The van der Waals surface area contributed by atoms with E-state index >= 15 is 0 Å². The number of aromatic nitrogens is 1. The average Bonchev–Trinajstić information content (AvgIpc) is 2.88. The summed E-state index contributed by atoms with van der Waals surface area (Å²) in [5.41, 5.74) is 1.30. The number of methoxy groups -OCH3 is 2. The van der Waals surface area contributed by atoms with Crippen LogP contribution in [-0.2, 0) is 0 Å². The predicted molar refractivity (Wildman–Crippen MR) is 126 cm³/mol. The first-order chi connectivity index (χ1) is 16.5. The van der Waals surface area contributed by atoms with Gasteiger partial charge in [-0.1, -0.05) is 6.07 Å². The minimum atomic E-state index is -0.425. The van der Waals surface area contributed by atoms with Crippen molar-refractivity contribution < 1.29 is 23.5 Å². The van der Waals surface area contributed by atoms with E-state index in [-0.39, 0.29) is 11.8 Å². The zero-order valence-corrected chi connectivity index (χ0v) is 19.0. The molecule has 4 rings (SSSR count). The molecule has 0 atom stereocenters. The van der Waals surface area contributed by atoms with Gasteiger partial charge < -0.3 is 24.6 Å². The third-order valence-electron chi connectivity index (χ3n) is 5.58. The van der Waals surface area contributed by atoms with Gasteiger partial charge in [-0.2, -0.15) is 0 Å². The Hall–Kier alpha value is -4.14.